The zero-order chi connectivity index (χ0) is 12.8. The molecule has 0 saturated heterocycles. The molecule has 100 valence electrons. The number of furan rings is 1. The highest BCUT2D eigenvalue weighted by Crippen LogP contribution is 2.45. The molecule has 0 aliphatic heterocycles. The summed E-state index contributed by atoms with van der Waals surface area (Å²) in [5.74, 6) is 2.94. The van der Waals surface area contributed by atoms with Crippen LogP contribution in [0.3, 0.4) is 0 Å². The number of para-hydroxylation sites is 1. The van der Waals surface area contributed by atoms with Gasteiger partial charge in [-0.15, -0.1) is 0 Å². The van der Waals surface area contributed by atoms with Gasteiger partial charge in [-0.25, -0.2) is 0 Å². The van der Waals surface area contributed by atoms with Gasteiger partial charge in [0.05, 0.1) is 6.04 Å². The van der Waals surface area contributed by atoms with Crippen LogP contribution in [0.4, 0.5) is 0 Å². The summed E-state index contributed by atoms with van der Waals surface area (Å²) in [6.07, 6.45) is 5.67. The predicted molar refractivity (Wildman–Crippen MR) is 77.0 cm³/mol. The Kier molecular flexibility index (Phi) is 2.66. The minimum absolute atomic E-state index is 0.318. The summed E-state index contributed by atoms with van der Waals surface area (Å²) in [6.45, 7) is 2.23. The first-order chi connectivity index (χ1) is 9.31. The fourth-order valence-electron chi connectivity index (χ4n) is 3.15. The summed E-state index contributed by atoms with van der Waals surface area (Å²) in [7, 11) is 0. The molecule has 2 saturated carbocycles. The van der Waals surface area contributed by atoms with Crippen LogP contribution < -0.4 is 5.32 Å². The van der Waals surface area contributed by atoms with Gasteiger partial charge in [-0.2, -0.15) is 0 Å². The van der Waals surface area contributed by atoms with Crippen molar-refractivity contribution < 1.29 is 4.42 Å². The van der Waals surface area contributed by atoms with E-state index < -0.39 is 0 Å². The second kappa shape index (κ2) is 4.38. The summed E-state index contributed by atoms with van der Waals surface area (Å²) in [5, 5.41) is 5.03. The van der Waals surface area contributed by atoms with Crippen LogP contribution in [0.25, 0.3) is 11.0 Å². The molecule has 0 radical (unpaired) electrons. The molecular weight excluding hydrogens is 234 g/mol. The molecule has 0 amide bonds. The van der Waals surface area contributed by atoms with Gasteiger partial charge in [-0.1, -0.05) is 18.2 Å². The molecule has 0 spiro atoms. The second-order valence-corrected chi connectivity index (χ2v) is 6.28. The molecule has 2 heteroatoms. The zero-order valence-corrected chi connectivity index (χ0v) is 11.4. The van der Waals surface area contributed by atoms with Crippen LogP contribution in [-0.2, 0) is 0 Å². The quantitative estimate of drug-likeness (QED) is 0.863. The molecule has 2 nitrogen and oxygen atoms in total. The van der Waals surface area contributed by atoms with Crippen molar-refractivity contribution in [2.75, 3.05) is 0 Å². The van der Waals surface area contributed by atoms with Crippen LogP contribution >= 0.6 is 0 Å². The smallest absolute Gasteiger partial charge is 0.134 e. The monoisotopic (exact) mass is 255 g/mol. The zero-order valence-electron chi connectivity index (χ0n) is 11.4. The summed E-state index contributed by atoms with van der Waals surface area (Å²) in [6, 6.07) is 11.5. The van der Waals surface area contributed by atoms with Crippen molar-refractivity contribution in [3.63, 3.8) is 0 Å². The molecule has 1 aromatic carbocycles. The molecule has 2 aliphatic carbocycles. The molecule has 1 atom stereocenters. The van der Waals surface area contributed by atoms with E-state index in [0.29, 0.717) is 6.04 Å². The summed E-state index contributed by atoms with van der Waals surface area (Å²) in [4.78, 5) is 0. The molecular formula is C17H21NO. The SMILES string of the molecule is CC(NC(C1CC1)C1CC1)c1cc2ccccc2o1. The Morgan fingerprint density at radius 2 is 1.79 bits per heavy atom. The van der Waals surface area contributed by atoms with Gasteiger partial charge in [0.1, 0.15) is 11.3 Å². The average Bonchev–Trinajstić information content (AvgIpc) is 3.32. The molecule has 2 aromatic rings. The third-order valence-corrected chi connectivity index (χ3v) is 4.57. The Labute approximate surface area is 114 Å². The summed E-state index contributed by atoms with van der Waals surface area (Å²) < 4.78 is 5.97. The molecule has 1 N–H and O–H groups in total. The van der Waals surface area contributed by atoms with Crippen LogP contribution in [0.15, 0.2) is 34.7 Å². The standard InChI is InChI=1S/C17H21NO/c1-11(18-17(12-6-7-12)13-8-9-13)16-10-14-4-2-3-5-15(14)19-16/h2-5,10-13,17-18H,6-9H2,1H3. The number of hydrogen-bond acceptors (Lipinski definition) is 2. The van der Waals surface area contributed by atoms with E-state index in [1.807, 2.05) is 12.1 Å². The van der Waals surface area contributed by atoms with Crippen molar-refractivity contribution in [1.29, 1.82) is 0 Å². The van der Waals surface area contributed by atoms with Crippen molar-refractivity contribution in [1.82, 2.24) is 5.32 Å². The van der Waals surface area contributed by atoms with Crippen LogP contribution in [0.2, 0.25) is 0 Å². The highest BCUT2D eigenvalue weighted by Gasteiger charge is 2.42. The number of fused-ring (bicyclic) bond motifs is 1. The van der Waals surface area contributed by atoms with E-state index in [0.717, 1.165) is 29.2 Å². The maximum absolute atomic E-state index is 5.97. The van der Waals surface area contributed by atoms with Crippen LogP contribution in [0.1, 0.15) is 44.4 Å². The molecule has 1 aromatic heterocycles. The molecule has 2 aliphatic rings. The first-order valence-corrected chi connectivity index (χ1v) is 7.56. The van der Waals surface area contributed by atoms with Crippen molar-refractivity contribution >= 4 is 11.0 Å². The Balaban J connectivity index is 1.53. The number of hydrogen-bond donors (Lipinski definition) is 1. The molecule has 19 heavy (non-hydrogen) atoms. The molecule has 1 unspecified atom stereocenters. The van der Waals surface area contributed by atoms with Crippen LogP contribution in [0.5, 0.6) is 0 Å². The molecule has 4 rings (SSSR count). The van der Waals surface area contributed by atoms with Crippen molar-refractivity contribution in [3.05, 3.63) is 36.1 Å². The number of rotatable bonds is 5. The summed E-state index contributed by atoms with van der Waals surface area (Å²) in [5.41, 5.74) is 1.00. The van der Waals surface area contributed by atoms with E-state index >= 15 is 0 Å². The van der Waals surface area contributed by atoms with Crippen LogP contribution in [0, 0.1) is 11.8 Å². The normalized spacial score (nSPS) is 21.2. The molecule has 0 bridgehead atoms. The number of benzene rings is 1. The Hall–Kier alpha value is -1.28. The predicted octanol–water partition coefficient (Wildman–Crippen LogP) is 4.27. The first kappa shape index (κ1) is 11.5. The van der Waals surface area contributed by atoms with Crippen LogP contribution in [-0.4, -0.2) is 6.04 Å². The van der Waals surface area contributed by atoms with E-state index in [-0.39, 0.29) is 0 Å². The van der Waals surface area contributed by atoms with E-state index in [4.69, 9.17) is 4.42 Å². The topological polar surface area (TPSA) is 25.2 Å². The highest BCUT2D eigenvalue weighted by atomic mass is 16.3. The molecule has 2 fully saturated rings. The van der Waals surface area contributed by atoms with Crippen molar-refractivity contribution in [2.45, 2.75) is 44.7 Å². The van der Waals surface area contributed by atoms with E-state index in [1.54, 1.807) is 0 Å². The Morgan fingerprint density at radius 3 is 2.42 bits per heavy atom. The first-order valence-electron chi connectivity index (χ1n) is 7.56. The third kappa shape index (κ3) is 2.30. The minimum atomic E-state index is 0.318. The third-order valence-electron chi connectivity index (χ3n) is 4.57. The second-order valence-electron chi connectivity index (χ2n) is 6.28. The van der Waals surface area contributed by atoms with Crippen molar-refractivity contribution in [2.24, 2.45) is 11.8 Å². The van der Waals surface area contributed by atoms with Gasteiger partial charge in [0, 0.05) is 11.4 Å². The van der Waals surface area contributed by atoms with Gasteiger partial charge >= 0.3 is 0 Å². The van der Waals surface area contributed by atoms with Gasteiger partial charge in [0.25, 0.3) is 0 Å². The highest BCUT2D eigenvalue weighted by molar-refractivity contribution is 5.77. The Morgan fingerprint density at radius 1 is 1.11 bits per heavy atom. The summed E-state index contributed by atoms with van der Waals surface area (Å²) >= 11 is 0. The number of nitrogens with one attached hydrogen (secondary N) is 1. The minimum Gasteiger partial charge on any atom is -0.459 e. The van der Waals surface area contributed by atoms with Gasteiger partial charge in [-0.05, 0) is 56.6 Å². The van der Waals surface area contributed by atoms with Gasteiger partial charge in [-0.3, -0.25) is 0 Å². The lowest BCUT2D eigenvalue weighted by molar-refractivity contribution is 0.347. The van der Waals surface area contributed by atoms with Gasteiger partial charge in [0.2, 0.25) is 0 Å². The van der Waals surface area contributed by atoms with Crippen molar-refractivity contribution in [3.8, 4) is 0 Å². The fourth-order valence-corrected chi connectivity index (χ4v) is 3.15. The van der Waals surface area contributed by atoms with E-state index in [2.05, 4.69) is 30.4 Å². The maximum atomic E-state index is 5.97. The van der Waals surface area contributed by atoms with Gasteiger partial charge < -0.3 is 9.73 Å². The lowest BCUT2D eigenvalue weighted by atomic mass is 10.1. The lowest BCUT2D eigenvalue weighted by Crippen LogP contribution is -2.35. The largest absolute Gasteiger partial charge is 0.459 e. The average molecular weight is 255 g/mol. The lowest BCUT2D eigenvalue weighted by Gasteiger charge is -2.21. The van der Waals surface area contributed by atoms with E-state index in [9.17, 15) is 0 Å². The maximum Gasteiger partial charge on any atom is 0.134 e. The van der Waals surface area contributed by atoms with E-state index in [1.165, 1.54) is 31.1 Å². The van der Waals surface area contributed by atoms with Gasteiger partial charge in [0.15, 0.2) is 0 Å². The Bertz CT molecular complexity index is 535. The molecule has 1 heterocycles. The fraction of sp³-hybridized carbons (Fsp3) is 0.529.